The van der Waals surface area contributed by atoms with Gasteiger partial charge in [0.15, 0.2) is 11.5 Å². The van der Waals surface area contributed by atoms with E-state index in [9.17, 15) is 4.79 Å². The minimum absolute atomic E-state index is 0.225. The predicted molar refractivity (Wildman–Crippen MR) is 59.7 cm³/mol. The zero-order chi connectivity index (χ0) is 11.5. The maximum absolute atomic E-state index is 11.4. The van der Waals surface area contributed by atoms with Crippen LogP contribution in [-0.4, -0.2) is 25.2 Å². The number of anilines is 1. The molecule has 5 heteroatoms. The van der Waals surface area contributed by atoms with Gasteiger partial charge in [0.2, 0.25) is 5.91 Å². The topological polar surface area (TPSA) is 73.6 Å². The van der Waals surface area contributed by atoms with Crippen LogP contribution in [0.15, 0.2) is 18.2 Å². The summed E-state index contributed by atoms with van der Waals surface area (Å²) in [7, 11) is 0. The van der Waals surface area contributed by atoms with Crippen molar-refractivity contribution >= 4 is 11.6 Å². The monoisotopic (exact) mass is 222 g/mol. The number of nitrogens with two attached hydrogens (primary N) is 1. The summed E-state index contributed by atoms with van der Waals surface area (Å²) in [4.78, 5) is 11.4. The van der Waals surface area contributed by atoms with Crippen LogP contribution in [0.1, 0.15) is 6.92 Å². The van der Waals surface area contributed by atoms with Gasteiger partial charge in [-0.25, -0.2) is 0 Å². The molecule has 2 rings (SSSR count). The number of hydrogen-bond donors (Lipinski definition) is 2. The second-order valence-corrected chi connectivity index (χ2v) is 3.64. The fourth-order valence-electron chi connectivity index (χ4n) is 1.38. The number of carbonyl (C=O) groups is 1. The van der Waals surface area contributed by atoms with Gasteiger partial charge in [-0.1, -0.05) is 0 Å². The number of hydrogen-bond acceptors (Lipinski definition) is 4. The van der Waals surface area contributed by atoms with E-state index in [1.54, 1.807) is 25.1 Å². The van der Waals surface area contributed by atoms with E-state index in [0.717, 1.165) is 0 Å². The first-order chi connectivity index (χ1) is 7.66. The maximum Gasteiger partial charge on any atom is 0.241 e. The number of amides is 1. The molecule has 1 aromatic rings. The number of carbonyl (C=O) groups excluding carboxylic acids is 1. The van der Waals surface area contributed by atoms with Gasteiger partial charge >= 0.3 is 0 Å². The van der Waals surface area contributed by atoms with Crippen molar-refractivity contribution in [2.24, 2.45) is 5.73 Å². The molecule has 1 aliphatic rings. The molecular formula is C11H14N2O3. The quantitative estimate of drug-likeness (QED) is 0.774. The van der Waals surface area contributed by atoms with Crippen LogP contribution in [0.4, 0.5) is 5.69 Å². The Morgan fingerprint density at radius 3 is 2.75 bits per heavy atom. The average molecular weight is 222 g/mol. The minimum atomic E-state index is -0.534. The molecule has 16 heavy (non-hydrogen) atoms. The molecule has 0 saturated carbocycles. The van der Waals surface area contributed by atoms with Crippen LogP contribution < -0.4 is 20.5 Å². The molecule has 0 radical (unpaired) electrons. The van der Waals surface area contributed by atoms with Gasteiger partial charge in [-0.3, -0.25) is 4.79 Å². The summed E-state index contributed by atoms with van der Waals surface area (Å²) in [6, 6.07) is 4.72. The van der Waals surface area contributed by atoms with E-state index in [1.165, 1.54) is 0 Å². The van der Waals surface area contributed by atoms with Crippen LogP contribution >= 0.6 is 0 Å². The SMILES string of the molecule is C[C@@H](N)C(=O)Nc1ccc2c(c1)OCCO2. The Kier molecular flexibility index (Phi) is 2.96. The summed E-state index contributed by atoms with van der Waals surface area (Å²) >= 11 is 0. The molecule has 0 bridgehead atoms. The van der Waals surface area contributed by atoms with Gasteiger partial charge in [0.25, 0.3) is 0 Å². The van der Waals surface area contributed by atoms with Crippen molar-refractivity contribution in [1.82, 2.24) is 0 Å². The fourth-order valence-corrected chi connectivity index (χ4v) is 1.38. The van der Waals surface area contributed by atoms with Gasteiger partial charge in [-0.15, -0.1) is 0 Å². The average Bonchev–Trinajstić information content (AvgIpc) is 2.28. The maximum atomic E-state index is 11.4. The summed E-state index contributed by atoms with van der Waals surface area (Å²) < 4.78 is 10.8. The molecule has 86 valence electrons. The molecule has 0 aliphatic carbocycles. The Balaban J connectivity index is 2.14. The fraction of sp³-hybridized carbons (Fsp3) is 0.364. The Morgan fingerprint density at radius 2 is 2.06 bits per heavy atom. The largest absolute Gasteiger partial charge is 0.486 e. The molecule has 0 spiro atoms. The lowest BCUT2D eigenvalue weighted by Crippen LogP contribution is -2.32. The third kappa shape index (κ3) is 2.25. The lowest BCUT2D eigenvalue weighted by atomic mass is 10.2. The van der Waals surface area contributed by atoms with Crippen LogP contribution in [0, 0.1) is 0 Å². The molecule has 5 nitrogen and oxygen atoms in total. The van der Waals surface area contributed by atoms with E-state index in [0.29, 0.717) is 30.4 Å². The van der Waals surface area contributed by atoms with Gasteiger partial charge in [-0.05, 0) is 19.1 Å². The van der Waals surface area contributed by atoms with Gasteiger partial charge in [0, 0.05) is 11.8 Å². The highest BCUT2D eigenvalue weighted by molar-refractivity contribution is 5.94. The molecule has 0 unspecified atom stereocenters. The minimum Gasteiger partial charge on any atom is -0.486 e. The number of benzene rings is 1. The van der Waals surface area contributed by atoms with Crippen molar-refractivity contribution < 1.29 is 14.3 Å². The number of rotatable bonds is 2. The highest BCUT2D eigenvalue weighted by atomic mass is 16.6. The molecule has 1 amide bonds. The van der Waals surface area contributed by atoms with Gasteiger partial charge in [-0.2, -0.15) is 0 Å². The molecule has 0 aromatic heterocycles. The van der Waals surface area contributed by atoms with Crippen molar-refractivity contribution in [2.75, 3.05) is 18.5 Å². The van der Waals surface area contributed by atoms with Crippen molar-refractivity contribution in [1.29, 1.82) is 0 Å². The van der Waals surface area contributed by atoms with E-state index in [4.69, 9.17) is 15.2 Å². The van der Waals surface area contributed by atoms with Gasteiger partial charge in [0.1, 0.15) is 13.2 Å². The van der Waals surface area contributed by atoms with E-state index < -0.39 is 6.04 Å². The second kappa shape index (κ2) is 4.40. The number of fused-ring (bicyclic) bond motifs is 1. The first-order valence-electron chi connectivity index (χ1n) is 5.13. The van der Waals surface area contributed by atoms with Crippen LogP contribution in [0.25, 0.3) is 0 Å². The van der Waals surface area contributed by atoms with Gasteiger partial charge in [0.05, 0.1) is 6.04 Å². The highest BCUT2D eigenvalue weighted by Gasteiger charge is 2.13. The summed E-state index contributed by atoms with van der Waals surface area (Å²) in [5, 5.41) is 2.69. The smallest absolute Gasteiger partial charge is 0.241 e. The summed E-state index contributed by atoms with van der Waals surface area (Å²) in [6.07, 6.45) is 0. The lowest BCUT2D eigenvalue weighted by Gasteiger charge is -2.19. The van der Waals surface area contributed by atoms with Crippen LogP contribution in [0.2, 0.25) is 0 Å². The van der Waals surface area contributed by atoms with Crippen LogP contribution in [0.3, 0.4) is 0 Å². The van der Waals surface area contributed by atoms with Crippen molar-refractivity contribution in [3.8, 4) is 11.5 Å². The molecule has 1 aromatic carbocycles. The first kappa shape index (κ1) is 10.8. The number of ether oxygens (including phenoxy) is 2. The Bertz CT molecular complexity index is 404. The van der Waals surface area contributed by atoms with Crippen LogP contribution in [-0.2, 0) is 4.79 Å². The lowest BCUT2D eigenvalue weighted by molar-refractivity contribution is -0.117. The molecule has 0 saturated heterocycles. The molecule has 1 aliphatic heterocycles. The molecule has 0 fully saturated rings. The summed E-state index contributed by atoms with van der Waals surface area (Å²) in [5.41, 5.74) is 6.11. The number of nitrogens with one attached hydrogen (secondary N) is 1. The van der Waals surface area contributed by atoms with Crippen molar-refractivity contribution in [3.63, 3.8) is 0 Å². The third-order valence-electron chi connectivity index (χ3n) is 2.22. The summed E-state index contributed by atoms with van der Waals surface area (Å²) in [5.74, 6) is 1.12. The summed E-state index contributed by atoms with van der Waals surface area (Å²) in [6.45, 7) is 2.71. The van der Waals surface area contributed by atoms with E-state index in [1.807, 2.05) is 0 Å². The van der Waals surface area contributed by atoms with Crippen molar-refractivity contribution in [2.45, 2.75) is 13.0 Å². The van der Waals surface area contributed by atoms with Crippen molar-refractivity contribution in [3.05, 3.63) is 18.2 Å². The zero-order valence-electron chi connectivity index (χ0n) is 9.03. The molecule has 3 N–H and O–H groups in total. The van der Waals surface area contributed by atoms with Gasteiger partial charge < -0.3 is 20.5 Å². The predicted octanol–water partition coefficient (Wildman–Crippen LogP) is 0.743. The molecule has 1 atom stereocenters. The normalized spacial score (nSPS) is 15.4. The molecular weight excluding hydrogens is 208 g/mol. The first-order valence-corrected chi connectivity index (χ1v) is 5.13. The molecule has 1 heterocycles. The van der Waals surface area contributed by atoms with E-state index in [2.05, 4.69) is 5.32 Å². The van der Waals surface area contributed by atoms with Crippen LogP contribution in [0.5, 0.6) is 11.5 Å². The standard InChI is InChI=1S/C11H14N2O3/c1-7(12)11(14)13-8-2-3-9-10(6-8)16-5-4-15-9/h2-3,6-7H,4-5,12H2,1H3,(H,13,14)/t7-/m1/s1. The zero-order valence-corrected chi connectivity index (χ0v) is 9.03. The second-order valence-electron chi connectivity index (χ2n) is 3.64. The van der Waals surface area contributed by atoms with E-state index >= 15 is 0 Å². The Hall–Kier alpha value is -1.75. The Labute approximate surface area is 93.5 Å². The Morgan fingerprint density at radius 1 is 1.38 bits per heavy atom. The third-order valence-corrected chi connectivity index (χ3v) is 2.22. The highest BCUT2D eigenvalue weighted by Crippen LogP contribution is 2.32. The van der Waals surface area contributed by atoms with E-state index in [-0.39, 0.29) is 5.91 Å².